The quantitative estimate of drug-likeness (QED) is 0.102. The molecule has 0 aliphatic carbocycles. The summed E-state index contributed by atoms with van der Waals surface area (Å²) in [4.78, 5) is 57.1. The van der Waals surface area contributed by atoms with Crippen molar-refractivity contribution in [3.8, 4) is 23.0 Å². The number of ether oxygens (including phenoxy) is 5. The van der Waals surface area contributed by atoms with Crippen LogP contribution in [0.25, 0.3) is 0 Å². The zero-order valence-corrected chi connectivity index (χ0v) is 35.3. The second-order valence-corrected chi connectivity index (χ2v) is 18.1. The number of hydrogen-bond donors (Lipinski definition) is 0. The molecule has 0 aromatic heterocycles. The molecule has 3 aliphatic heterocycles. The van der Waals surface area contributed by atoms with Crippen molar-refractivity contribution >= 4 is 65.8 Å². The minimum absolute atomic E-state index is 0.0365. The summed E-state index contributed by atoms with van der Waals surface area (Å²) in [6.45, 7) is 0.582. The highest BCUT2D eigenvalue weighted by Gasteiger charge is 2.67. The van der Waals surface area contributed by atoms with Crippen LogP contribution in [0.2, 0.25) is 5.02 Å². The zero-order chi connectivity index (χ0) is 42.4. The molecule has 2 radical (unpaired) electrons. The van der Waals surface area contributed by atoms with Crippen molar-refractivity contribution in [2.75, 3.05) is 46.3 Å². The normalized spacial score (nSPS) is 22.0. The number of ketones is 1. The molecule has 13 nitrogen and oxygen atoms in total. The monoisotopic (exact) mass is 872 g/mol. The van der Waals surface area contributed by atoms with E-state index in [0.29, 0.717) is 17.2 Å². The Morgan fingerprint density at radius 3 is 2.18 bits per heavy atom. The van der Waals surface area contributed by atoms with Crippen molar-refractivity contribution in [2.45, 2.75) is 41.6 Å². The van der Waals surface area contributed by atoms with Gasteiger partial charge < -0.3 is 38.1 Å². The lowest BCUT2D eigenvalue weighted by Gasteiger charge is -2.40. The minimum atomic E-state index is -2.01. The molecule has 2 amide bonds. The molecule has 3 aliphatic rings. The number of morpholine rings is 1. The number of rotatable bonds is 17. The summed E-state index contributed by atoms with van der Waals surface area (Å²) in [5, 5.41) is -0.834. The number of Topliss-reactive ketones (excluding diaryl/α,β-unsaturated/α-hetero) is 1. The standard InChI is InChI=1S/C43H42BClN2O11S2/c1-53-32-12-8-28(9-13-32)22-56-36-17-16-34(37(45)38(36)57-23-29-10-14-33(54-2)15-11-29)39(49)46-18-19-55-24-30(46)25-59-43(42(51)58-44)26-47-40(50)35(41(47)60(43)52)21-31(48)20-27-6-4-3-5-7-27/h3-17,30,35,41H,18-26H2,1-2H3/t30-,35+,41+,43?,60?/m0/s1. The number of amides is 2. The van der Waals surface area contributed by atoms with E-state index in [0.717, 1.165) is 28.5 Å². The number of benzene rings is 4. The minimum Gasteiger partial charge on any atom is -0.542 e. The molecular weight excluding hydrogens is 831 g/mol. The lowest BCUT2D eigenvalue weighted by Crippen LogP contribution is -2.59. The maximum atomic E-state index is 14.4. The van der Waals surface area contributed by atoms with Crippen LogP contribution in [0.15, 0.2) is 91.0 Å². The molecule has 0 spiro atoms. The molecule has 7 rings (SSSR count). The number of nitrogens with zero attached hydrogens (tertiary/aromatic N) is 2. The molecule has 5 atom stereocenters. The number of carbonyl (C=O) groups is 4. The average Bonchev–Trinajstić information content (AvgIpc) is 3.55. The molecule has 3 saturated heterocycles. The van der Waals surface area contributed by atoms with Crippen LogP contribution in [0.5, 0.6) is 23.0 Å². The van der Waals surface area contributed by atoms with E-state index in [-0.39, 0.29) is 86.1 Å². The molecule has 0 saturated carbocycles. The maximum Gasteiger partial charge on any atom is 0.378 e. The van der Waals surface area contributed by atoms with Gasteiger partial charge in [-0.1, -0.05) is 66.2 Å². The Bertz CT molecular complexity index is 2230. The van der Waals surface area contributed by atoms with Crippen LogP contribution in [0.4, 0.5) is 0 Å². The number of thioether (sulfide) groups is 1. The van der Waals surface area contributed by atoms with E-state index in [1.165, 1.54) is 4.90 Å². The van der Waals surface area contributed by atoms with E-state index in [1.807, 2.05) is 78.9 Å². The van der Waals surface area contributed by atoms with Crippen molar-refractivity contribution in [3.63, 3.8) is 0 Å². The Labute approximate surface area is 360 Å². The lowest BCUT2D eigenvalue weighted by atomic mass is 9.90. The first-order chi connectivity index (χ1) is 29.1. The van der Waals surface area contributed by atoms with Gasteiger partial charge in [-0.3, -0.25) is 23.4 Å². The van der Waals surface area contributed by atoms with Crippen LogP contribution >= 0.6 is 23.4 Å². The highest BCUT2D eigenvalue weighted by atomic mass is 35.5. The predicted molar refractivity (Wildman–Crippen MR) is 226 cm³/mol. The van der Waals surface area contributed by atoms with Crippen LogP contribution in [-0.2, 0) is 54.2 Å². The zero-order valence-electron chi connectivity index (χ0n) is 32.9. The predicted octanol–water partition coefficient (Wildman–Crippen LogP) is 5.16. The number of hydrogen-bond acceptors (Lipinski definition) is 12. The SMILES string of the molecule is [B]OC(=O)C1(SC[C@@H]2COCCN2C(=O)c2ccc(OCc3ccc(OC)cc3)c(OCc3ccc(OC)cc3)c2Cl)CN2C(=O)[C@@H](CC(=O)Cc3ccccc3)[C@H]2S1=O. The average molecular weight is 873 g/mol. The summed E-state index contributed by atoms with van der Waals surface area (Å²) in [6.07, 6.45) is 0.00960. The molecule has 60 heavy (non-hydrogen) atoms. The summed E-state index contributed by atoms with van der Waals surface area (Å²) in [5.74, 6) is -0.841. The first kappa shape index (κ1) is 43.1. The van der Waals surface area contributed by atoms with Gasteiger partial charge in [0, 0.05) is 25.1 Å². The number of fused-ring (bicyclic) bond motifs is 1. The van der Waals surface area contributed by atoms with Crippen molar-refractivity contribution in [1.82, 2.24) is 9.80 Å². The highest BCUT2D eigenvalue weighted by Crippen LogP contribution is 2.49. The van der Waals surface area contributed by atoms with E-state index >= 15 is 0 Å². The third-order valence-corrected chi connectivity index (χ3v) is 15.2. The van der Waals surface area contributed by atoms with Gasteiger partial charge in [-0.15, -0.1) is 11.8 Å². The molecule has 2 unspecified atom stereocenters. The van der Waals surface area contributed by atoms with E-state index in [9.17, 15) is 23.4 Å². The fraction of sp³-hybridized carbons (Fsp3) is 0.349. The van der Waals surface area contributed by atoms with Gasteiger partial charge in [0.25, 0.3) is 5.91 Å². The van der Waals surface area contributed by atoms with Crippen molar-refractivity contribution in [3.05, 3.63) is 118 Å². The summed E-state index contributed by atoms with van der Waals surface area (Å²) in [5.41, 5.74) is 2.63. The van der Waals surface area contributed by atoms with Gasteiger partial charge in [0.2, 0.25) is 9.99 Å². The Morgan fingerprint density at radius 2 is 1.55 bits per heavy atom. The first-order valence-corrected chi connectivity index (χ1v) is 21.7. The van der Waals surface area contributed by atoms with E-state index in [2.05, 4.69) is 4.65 Å². The molecule has 3 heterocycles. The Balaban J connectivity index is 1.08. The molecule has 0 bridgehead atoms. The molecule has 3 fully saturated rings. The molecule has 312 valence electrons. The van der Waals surface area contributed by atoms with Gasteiger partial charge in [0.15, 0.2) is 11.5 Å². The third kappa shape index (κ3) is 9.02. The largest absolute Gasteiger partial charge is 0.542 e. The molecule has 0 N–H and O–H groups in total. The number of β-lactam (4-membered cyclic amide) rings is 1. The number of carbonyl (C=O) groups excluding carboxylic acids is 4. The lowest BCUT2D eigenvalue weighted by molar-refractivity contribution is -0.152. The van der Waals surface area contributed by atoms with Gasteiger partial charge in [-0.25, -0.2) is 0 Å². The van der Waals surface area contributed by atoms with Crippen molar-refractivity contribution < 1.29 is 51.7 Å². The van der Waals surface area contributed by atoms with Gasteiger partial charge >= 0.3 is 14.0 Å². The van der Waals surface area contributed by atoms with Crippen molar-refractivity contribution in [2.24, 2.45) is 5.92 Å². The summed E-state index contributed by atoms with van der Waals surface area (Å²) in [6, 6.07) is 26.4. The first-order valence-electron chi connectivity index (χ1n) is 19.1. The smallest absolute Gasteiger partial charge is 0.378 e. The number of halogens is 1. The molecular formula is C43H42BClN2O11S2. The summed E-state index contributed by atoms with van der Waals surface area (Å²) < 4.78 is 46.0. The Hall–Kier alpha value is -5.03. The second-order valence-electron chi connectivity index (χ2n) is 14.4. The van der Waals surface area contributed by atoms with E-state index in [4.69, 9.17) is 43.3 Å². The topological polar surface area (TPSA) is 147 Å². The fourth-order valence-corrected chi connectivity index (χ4v) is 11.6. The summed E-state index contributed by atoms with van der Waals surface area (Å²) >= 11 is 8.03. The van der Waals surface area contributed by atoms with Crippen LogP contribution in [0, 0.1) is 5.92 Å². The van der Waals surface area contributed by atoms with Gasteiger partial charge in [-0.05, 0) is 53.1 Å². The Morgan fingerprint density at radius 1 is 0.900 bits per heavy atom. The van der Waals surface area contributed by atoms with Crippen LogP contribution in [-0.4, -0.2) is 107 Å². The van der Waals surface area contributed by atoms with E-state index < -0.39 is 44.1 Å². The van der Waals surface area contributed by atoms with Crippen LogP contribution in [0.1, 0.15) is 33.5 Å². The summed E-state index contributed by atoms with van der Waals surface area (Å²) in [7, 11) is 6.56. The highest BCUT2D eigenvalue weighted by molar-refractivity contribution is 8.14. The van der Waals surface area contributed by atoms with Gasteiger partial charge in [0.1, 0.15) is 35.9 Å². The van der Waals surface area contributed by atoms with Crippen LogP contribution < -0.4 is 18.9 Å². The van der Waals surface area contributed by atoms with E-state index in [1.54, 1.807) is 31.3 Å². The van der Waals surface area contributed by atoms with Crippen molar-refractivity contribution in [1.29, 1.82) is 0 Å². The Kier molecular flexibility index (Phi) is 13.7. The molecule has 17 heteroatoms. The van der Waals surface area contributed by atoms with Crippen LogP contribution in [0.3, 0.4) is 0 Å². The maximum absolute atomic E-state index is 14.4. The second kappa shape index (κ2) is 19.1. The molecule has 4 aromatic rings. The van der Waals surface area contributed by atoms with Gasteiger partial charge in [0.05, 0.1) is 67.3 Å². The third-order valence-electron chi connectivity index (χ3n) is 10.7. The molecule has 4 aromatic carbocycles. The van der Waals surface area contributed by atoms with Gasteiger partial charge in [-0.2, -0.15) is 0 Å². The fourth-order valence-electron chi connectivity index (χ4n) is 7.40. The number of methoxy groups -OCH3 is 2.